The number of amides is 1. The Morgan fingerprint density at radius 3 is 2.12 bits per heavy atom. The molecule has 1 atom stereocenters. The van der Waals surface area contributed by atoms with Crippen LogP contribution in [-0.2, 0) is 24.3 Å². The Labute approximate surface area is 302 Å². The Morgan fingerprint density at radius 1 is 0.885 bits per heavy atom. The van der Waals surface area contributed by atoms with Gasteiger partial charge in [0, 0.05) is 36.9 Å². The van der Waals surface area contributed by atoms with Crippen molar-refractivity contribution >= 4 is 50.7 Å². The van der Waals surface area contributed by atoms with Crippen LogP contribution in [0.1, 0.15) is 64.7 Å². The molecule has 1 aliphatic heterocycles. The summed E-state index contributed by atoms with van der Waals surface area (Å²) in [6, 6.07) is 17.1. The van der Waals surface area contributed by atoms with Gasteiger partial charge in [-0.2, -0.15) is 4.72 Å². The van der Waals surface area contributed by atoms with Gasteiger partial charge in [0.05, 0.1) is 15.9 Å². The van der Waals surface area contributed by atoms with Gasteiger partial charge in [-0.1, -0.05) is 12.1 Å². The normalized spacial score (nSPS) is 14.9. The number of anilines is 2. The highest BCUT2D eigenvalue weighted by atomic mass is 32.2. The number of sulfonamides is 1. The third-order valence-electron chi connectivity index (χ3n) is 8.04. The molecule has 0 spiro atoms. The minimum absolute atomic E-state index is 0.0534. The van der Waals surface area contributed by atoms with E-state index in [0.717, 1.165) is 42.8 Å². The molecule has 1 fully saturated rings. The van der Waals surface area contributed by atoms with Crippen LogP contribution in [0, 0.1) is 5.82 Å². The van der Waals surface area contributed by atoms with Gasteiger partial charge in [-0.3, -0.25) is 9.59 Å². The second kappa shape index (κ2) is 15.3. The first-order valence-electron chi connectivity index (χ1n) is 17.0. The maximum Gasteiger partial charge on any atom is 0.421 e. The van der Waals surface area contributed by atoms with E-state index < -0.39 is 57.6 Å². The molecule has 5 rings (SSSR count). The zero-order chi connectivity index (χ0) is 37.8. The number of hydrogen-bond acceptors (Lipinski definition) is 10. The number of nitrogens with zero attached hydrogens (tertiary/aromatic N) is 3. The van der Waals surface area contributed by atoms with Crippen LogP contribution < -0.4 is 20.3 Å². The molecule has 1 unspecified atom stereocenters. The fraction of sp³-hybridized carbons (Fsp3) is 0.405. The Kier molecular flexibility index (Phi) is 11.2. The summed E-state index contributed by atoms with van der Waals surface area (Å²) in [6.45, 7) is 11.4. The van der Waals surface area contributed by atoms with Crippen molar-refractivity contribution in [2.45, 2.75) is 82.6 Å². The lowest BCUT2D eigenvalue weighted by atomic mass is 10.0. The largest absolute Gasteiger partial charge is 0.459 e. The molecule has 2 heterocycles. The van der Waals surface area contributed by atoms with E-state index >= 15 is 0 Å². The lowest BCUT2D eigenvalue weighted by Gasteiger charge is -2.34. The van der Waals surface area contributed by atoms with Crippen LogP contribution in [0.5, 0.6) is 0 Å². The van der Waals surface area contributed by atoms with Crippen LogP contribution in [0.25, 0.3) is 11.0 Å². The zero-order valence-corrected chi connectivity index (χ0v) is 30.9. The van der Waals surface area contributed by atoms with E-state index in [2.05, 4.69) is 25.2 Å². The summed E-state index contributed by atoms with van der Waals surface area (Å²) in [7, 11) is -4.25. The summed E-state index contributed by atoms with van der Waals surface area (Å²) < 4.78 is 54.2. The van der Waals surface area contributed by atoms with Gasteiger partial charge in [-0.05, 0) is 115 Å². The van der Waals surface area contributed by atoms with Gasteiger partial charge >= 0.3 is 12.1 Å². The first-order valence-corrected chi connectivity index (χ1v) is 18.5. The number of para-hydroxylation sites is 2. The van der Waals surface area contributed by atoms with Crippen molar-refractivity contribution in [3.05, 3.63) is 84.2 Å². The van der Waals surface area contributed by atoms with Crippen molar-refractivity contribution in [2.24, 2.45) is 0 Å². The number of benzene rings is 3. The van der Waals surface area contributed by atoms with Crippen LogP contribution in [0.4, 0.5) is 20.8 Å². The van der Waals surface area contributed by atoms with E-state index in [1.165, 1.54) is 4.57 Å². The highest BCUT2D eigenvalue weighted by molar-refractivity contribution is 7.89. The van der Waals surface area contributed by atoms with E-state index in [-0.39, 0.29) is 10.9 Å². The molecule has 52 heavy (non-hydrogen) atoms. The number of aromatic nitrogens is 2. The Morgan fingerprint density at radius 2 is 1.50 bits per heavy atom. The minimum atomic E-state index is -4.25. The standard InChI is InChI=1S/C37H45FN6O7S/c1-36(2,3)50-33(46)30(42-52(48,49)28-17-13-25(38)14-18-28)23-39-32(45)24-11-15-27(16-12-24)43-21-19-26(20-22-43)40-34-41-29-9-7-8-10-31(29)44(34)35(47)51-37(4,5)6/h7-18,26,30,42H,19-23H2,1-6H3,(H,39,45)(H,40,41). The fourth-order valence-electron chi connectivity index (χ4n) is 5.62. The number of nitrogens with one attached hydrogen (secondary N) is 3. The van der Waals surface area contributed by atoms with Crippen LogP contribution in [-0.4, -0.2) is 78.9 Å². The van der Waals surface area contributed by atoms with Crippen LogP contribution >= 0.6 is 0 Å². The molecular formula is C37H45FN6O7S. The number of hydrogen-bond donors (Lipinski definition) is 3. The van der Waals surface area contributed by atoms with Crippen molar-refractivity contribution in [3.8, 4) is 0 Å². The average Bonchev–Trinajstić information content (AvgIpc) is 3.43. The van der Waals surface area contributed by atoms with E-state index in [1.807, 2.05) is 57.2 Å². The molecule has 15 heteroatoms. The Balaban J connectivity index is 1.19. The second-order valence-electron chi connectivity index (χ2n) is 14.6. The third kappa shape index (κ3) is 9.85. The molecule has 0 radical (unpaired) electrons. The first kappa shape index (κ1) is 38.2. The molecule has 278 valence electrons. The number of carbonyl (C=O) groups is 3. The summed E-state index contributed by atoms with van der Waals surface area (Å²) in [6.07, 6.45) is 1.02. The number of carbonyl (C=O) groups excluding carboxylic acids is 3. The van der Waals surface area contributed by atoms with Crippen LogP contribution in [0.3, 0.4) is 0 Å². The number of esters is 1. The molecule has 1 aliphatic rings. The number of rotatable bonds is 10. The van der Waals surface area contributed by atoms with Gasteiger partial charge in [0.2, 0.25) is 16.0 Å². The molecule has 13 nitrogen and oxygen atoms in total. The summed E-state index contributed by atoms with van der Waals surface area (Å²) >= 11 is 0. The van der Waals surface area contributed by atoms with Crippen molar-refractivity contribution in [2.75, 3.05) is 29.9 Å². The molecule has 3 N–H and O–H groups in total. The van der Waals surface area contributed by atoms with Gasteiger partial charge in [0.15, 0.2) is 0 Å². The topological polar surface area (TPSA) is 161 Å². The molecule has 0 bridgehead atoms. The van der Waals surface area contributed by atoms with Gasteiger partial charge < -0.3 is 25.0 Å². The van der Waals surface area contributed by atoms with E-state index in [4.69, 9.17) is 9.47 Å². The molecule has 4 aromatic rings. The molecular weight excluding hydrogens is 692 g/mol. The number of piperidine rings is 1. The third-order valence-corrected chi connectivity index (χ3v) is 9.53. The summed E-state index contributed by atoms with van der Waals surface area (Å²) in [5.41, 5.74) is 0.978. The van der Waals surface area contributed by atoms with Gasteiger partial charge in [0.25, 0.3) is 5.91 Å². The molecule has 1 aromatic heterocycles. The molecule has 0 aliphatic carbocycles. The smallest absolute Gasteiger partial charge is 0.421 e. The number of ether oxygens (including phenoxy) is 2. The highest BCUT2D eigenvalue weighted by Crippen LogP contribution is 2.26. The molecule has 3 aromatic carbocycles. The maximum atomic E-state index is 13.4. The lowest BCUT2D eigenvalue weighted by molar-refractivity contribution is -0.156. The highest BCUT2D eigenvalue weighted by Gasteiger charge is 2.31. The SMILES string of the molecule is CC(C)(C)OC(=O)C(CNC(=O)c1ccc(N2CCC(Nc3nc4ccccc4n3C(=O)OC(C)(C)C)CC2)cc1)NS(=O)(=O)c1ccc(F)cc1. The van der Waals surface area contributed by atoms with E-state index in [1.54, 1.807) is 32.9 Å². The second-order valence-corrected chi connectivity index (χ2v) is 16.3. The van der Waals surface area contributed by atoms with Crippen LogP contribution in [0.2, 0.25) is 0 Å². The number of halogens is 1. The zero-order valence-electron chi connectivity index (χ0n) is 30.1. The van der Waals surface area contributed by atoms with E-state index in [0.29, 0.717) is 35.6 Å². The first-order chi connectivity index (χ1) is 24.4. The monoisotopic (exact) mass is 736 g/mol. The summed E-state index contributed by atoms with van der Waals surface area (Å²) in [5.74, 6) is -1.58. The lowest BCUT2D eigenvalue weighted by Crippen LogP contribution is -2.50. The van der Waals surface area contributed by atoms with Crippen molar-refractivity contribution < 1.29 is 36.7 Å². The van der Waals surface area contributed by atoms with Crippen molar-refractivity contribution in [3.63, 3.8) is 0 Å². The van der Waals surface area contributed by atoms with E-state index in [9.17, 15) is 27.2 Å². The maximum absolute atomic E-state index is 13.4. The summed E-state index contributed by atoms with van der Waals surface area (Å²) in [4.78, 5) is 45.8. The predicted molar refractivity (Wildman–Crippen MR) is 195 cm³/mol. The van der Waals surface area contributed by atoms with Gasteiger partial charge in [-0.15, -0.1) is 0 Å². The number of fused-ring (bicyclic) bond motifs is 1. The average molecular weight is 737 g/mol. The predicted octanol–water partition coefficient (Wildman–Crippen LogP) is 5.46. The Hall–Kier alpha value is -5.02. The van der Waals surface area contributed by atoms with Gasteiger partial charge in [-0.25, -0.2) is 27.2 Å². The molecule has 0 saturated carbocycles. The molecule has 1 saturated heterocycles. The molecule has 1 amide bonds. The minimum Gasteiger partial charge on any atom is -0.459 e. The summed E-state index contributed by atoms with van der Waals surface area (Å²) in [5, 5.41) is 6.07. The fourth-order valence-corrected chi connectivity index (χ4v) is 6.80. The quantitative estimate of drug-likeness (QED) is 0.179. The Bertz CT molecular complexity index is 2010. The van der Waals surface area contributed by atoms with Crippen LogP contribution in [0.15, 0.2) is 77.7 Å². The van der Waals surface area contributed by atoms with Crippen molar-refractivity contribution in [1.29, 1.82) is 0 Å². The van der Waals surface area contributed by atoms with Crippen molar-refractivity contribution in [1.82, 2.24) is 19.6 Å². The number of imidazole rings is 1. The van der Waals surface area contributed by atoms with Gasteiger partial charge in [0.1, 0.15) is 23.1 Å².